The number of hydrogen-bond acceptors (Lipinski definition) is 4. The minimum absolute atomic E-state index is 0.301. The van der Waals surface area contributed by atoms with Crippen LogP contribution < -0.4 is 11.1 Å². The van der Waals surface area contributed by atoms with Crippen molar-refractivity contribution in [2.75, 3.05) is 13.1 Å². The zero-order valence-electron chi connectivity index (χ0n) is 9.35. The average Bonchev–Trinajstić information content (AvgIpc) is 2.80. The maximum Gasteiger partial charge on any atom is 0.139 e. The normalized spacial score (nSPS) is 11.9. The van der Waals surface area contributed by atoms with E-state index in [0.29, 0.717) is 12.3 Å². The van der Waals surface area contributed by atoms with E-state index < -0.39 is 0 Å². The van der Waals surface area contributed by atoms with Gasteiger partial charge in [-0.25, -0.2) is 0 Å². The summed E-state index contributed by atoms with van der Waals surface area (Å²) in [5.41, 5.74) is 5.35. The van der Waals surface area contributed by atoms with E-state index in [9.17, 15) is 0 Å². The first-order valence-corrected chi connectivity index (χ1v) is 5.52. The molecule has 1 aromatic heterocycles. The van der Waals surface area contributed by atoms with Gasteiger partial charge in [-0.05, 0) is 31.5 Å². The van der Waals surface area contributed by atoms with Gasteiger partial charge in [-0.1, -0.05) is 5.16 Å². The van der Waals surface area contributed by atoms with Gasteiger partial charge in [0.05, 0.1) is 6.26 Å². The monoisotopic (exact) mass is 225 g/mol. The summed E-state index contributed by atoms with van der Waals surface area (Å²) < 4.78 is 5.21. The second kappa shape index (κ2) is 7.76. The molecular formula is C11H19N3O2. The van der Waals surface area contributed by atoms with Gasteiger partial charge in [-0.3, -0.25) is 0 Å². The van der Waals surface area contributed by atoms with Crippen LogP contribution in [-0.4, -0.2) is 24.1 Å². The van der Waals surface area contributed by atoms with E-state index >= 15 is 0 Å². The van der Waals surface area contributed by atoms with E-state index in [1.54, 1.807) is 6.26 Å². The van der Waals surface area contributed by atoms with Crippen LogP contribution >= 0.6 is 0 Å². The van der Waals surface area contributed by atoms with Gasteiger partial charge in [0.15, 0.2) is 0 Å². The fraction of sp³-hybridized carbons (Fsp3) is 0.545. The van der Waals surface area contributed by atoms with E-state index in [4.69, 9.17) is 15.4 Å². The van der Waals surface area contributed by atoms with Gasteiger partial charge >= 0.3 is 0 Å². The summed E-state index contributed by atoms with van der Waals surface area (Å²) in [5.74, 6) is 1.31. The predicted molar refractivity (Wildman–Crippen MR) is 62.5 cm³/mol. The number of nitrogens with zero attached hydrogens (tertiary/aromatic N) is 1. The molecule has 0 saturated heterocycles. The molecule has 16 heavy (non-hydrogen) atoms. The summed E-state index contributed by atoms with van der Waals surface area (Å²) in [5, 5.41) is 14.5. The summed E-state index contributed by atoms with van der Waals surface area (Å²) in [4.78, 5) is 0. The van der Waals surface area contributed by atoms with Crippen LogP contribution in [0.1, 0.15) is 25.0 Å². The lowest BCUT2D eigenvalue weighted by atomic mass is 10.2. The first-order valence-electron chi connectivity index (χ1n) is 5.52. The highest BCUT2D eigenvalue weighted by atomic mass is 16.4. The predicted octanol–water partition coefficient (Wildman–Crippen LogP) is 1.33. The molecule has 5 nitrogen and oxygen atoms in total. The molecule has 0 aliphatic rings. The highest BCUT2D eigenvalue weighted by Gasteiger charge is 1.96. The standard InChI is InChI=1S/C11H19N3O2/c12-11(14-15)5-1-2-7-13-8-6-10-4-3-9-16-10/h3-4,9,13,15H,1-2,5-8H2,(H2,12,14). The SMILES string of the molecule is NC(CCCCNCCc1ccco1)=NO. The van der Waals surface area contributed by atoms with Gasteiger partial charge in [0, 0.05) is 19.4 Å². The molecule has 0 unspecified atom stereocenters. The minimum atomic E-state index is 0.301. The van der Waals surface area contributed by atoms with E-state index in [-0.39, 0.29) is 0 Å². The molecule has 1 aromatic rings. The lowest BCUT2D eigenvalue weighted by Gasteiger charge is -2.03. The van der Waals surface area contributed by atoms with Crippen LogP contribution in [-0.2, 0) is 6.42 Å². The van der Waals surface area contributed by atoms with Gasteiger partial charge in [0.25, 0.3) is 0 Å². The maximum atomic E-state index is 8.32. The van der Waals surface area contributed by atoms with E-state index in [2.05, 4.69) is 10.5 Å². The number of hydrogen-bond donors (Lipinski definition) is 3. The molecule has 1 rings (SSSR count). The summed E-state index contributed by atoms with van der Waals surface area (Å²) in [6.07, 6.45) is 5.20. The smallest absolute Gasteiger partial charge is 0.139 e. The largest absolute Gasteiger partial charge is 0.469 e. The zero-order chi connectivity index (χ0) is 11.6. The number of nitrogens with two attached hydrogens (primary N) is 1. The molecule has 0 aliphatic carbocycles. The van der Waals surface area contributed by atoms with Crippen LogP contribution in [0.15, 0.2) is 28.0 Å². The first-order chi connectivity index (χ1) is 7.83. The van der Waals surface area contributed by atoms with Crippen molar-refractivity contribution in [3.63, 3.8) is 0 Å². The Kier molecular flexibility index (Phi) is 6.10. The Morgan fingerprint density at radius 2 is 2.31 bits per heavy atom. The van der Waals surface area contributed by atoms with E-state index in [0.717, 1.165) is 38.1 Å². The van der Waals surface area contributed by atoms with Crippen molar-refractivity contribution in [3.8, 4) is 0 Å². The Morgan fingerprint density at radius 1 is 1.44 bits per heavy atom. The van der Waals surface area contributed by atoms with Crippen LogP contribution in [0.2, 0.25) is 0 Å². The Bertz CT molecular complexity index is 296. The Labute approximate surface area is 95.3 Å². The van der Waals surface area contributed by atoms with Crippen molar-refractivity contribution in [2.24, 2.45) is 10.9 Å². The van der Waals surface area contributed by atoms with E-state index in [1.807, 2.05) is 12.1 Å². The molecule has 0 spiro atoms. The molecule has 0 aliphatic heterocycles. The van der Waals surface area contributed by atoms with Gasteiger partial charge < -0.3 is 20.7 Å². The fourth-order valence-electron chi connectivity index (χ4n) is 1.40. The van der Waals surface area contributed by atoms with Crippen LogP contribution in [0, 0.1) is 0 Å². The number of amidine groups is 1. The number of oxime groups is 1. The lowest BCUT2D eigenvalue weighted by Crippen LogP contribution is -2.19. The van der Waals surface area contributed by atoms with Crippen molar-refractivity contribution < 1.29 is 9.62 Å². The lowest BCUT2D eigenvalue weighted by molar-refractivity contribution is 0.316. The highest BCUT2D eigenvalue weighted by Crippen LogP contribution is 1.99. The zero-order valence-corrected chi connectivity index (χ0v) is 9.35. The Balaban J connectivity index is 1.89. The van der Waals surface area contributed by atoms with Crippen molar-refractivity contribution in [3.05, 3.63) is 24.2 Å². The van der Waals surface area contributed by atoms with E-state index in [1.165, 1.54) is 0 Å². The van der Waals surface area contributed by atoms with Crippen LogP contribution in [0.3, 0.4) is 0 Å². The first kappa shape index (κ1) is 12.6. The highest BCUT2D eigenvalue weighted by molar-refractivity contribution is 5.79. The Morgan fingerprint density at radius 3 is 3.00 bits per heavy atom. The number of nitrogens with one attached hydrogen (secondary N) is 1. The van der Waals surface area contributed by atoms with Crippen molar-refractivity contribution >= 4 is 5.84 Å². The molecule has 0 aromatic carbocycles. The fourth-order valence-corrected chi connectivity index (χ4v) is 1.40. The molecule has 5 heteroatoms. The van der Waals surface area contributed by atoms with Gasteiger partial charge in [0.2, 0.25) is 0 Å². The molecule has 0 fully saturated rings. The van der Waals surface area contributed by atoms with Gasteiger partial charge in [0.1, 0.15) is 11.6 Å². The molecule has 0 radical (unpaired) electrons. The summed E-state index contributed by atoms with van der Waals surface area (Å²) in [7, 11) is 0. The van der Waals surface area contributed by atoms with Crippen molar-refractivity contribution in [2.45, 2.75) is 25.7 Å². The Hall–Kier alpha value is -1.49. The molecule has 90 valence electrons. The second-order valence-corrected chi connectivity index (χ2v) is 3.63. The van der Waals surface area contributed by atoms with Crippen LogP contribution in [0.25, 0.3) is 0 Å². The molecule has 4 N–H and O–H groups in total. The molecule has 0 bridgehead atoms. The third-order valence-electron chi connectivity index (χ3n) is 2.29. The summed E-state index contributed by atoms with van der Waals surface area (Å²) >= 11 is 0. The van der Waals surface area contributed by atoms with Crippen molar-refractivity contribution in [1.29, 1.82) is 0 Å². The quantitative estimate of drug-likeness (QED) is 0.205. The topological polar surface area (TPSA) is 83.8 Å². The molecule has 0 atom stereocenters. The van der Waals surface area contributed by atoms with Crippen LogP contribution in [0.5, 0.6) is 0 Å². The number of furan rings is 1. The number of rotatable bonds is 8. The average molecular weight is 225 g/mol. The summed E-state index contributed by atoms with van der Waals surface area (Å²) in [6.45, 7) is 1.86. The van der Waals surface area contributed by atoms with Crippen LogP contribution in [0.4, 0.5) is 0 Å². The molecular weight excluding hydrogens is 206 g/mol. The molecule has 0 amide bonds. The summed E-state index contributed by atoms with van der Waals surface area (Å²) in [6, 6.07) is 3.87. The maximum absolute atomic E-state index is 8.32. The minimum Gasteiger partial charge on any atom is -0.469 e. The molecule has 1 heterocycles. The number of unbranched alkanes of at least 4 members (excludes halogenated alkanes) is 1. The third-order valence-corrected chi connectivity index (χ3v) is 2.29. The van der Waals surface area contributed by atoms with Gasteiger partial charge in [-0.2, -0.15) is 0 Å². The van der Waals surface area contributed by atoms with Gasteiger partial charge in [-0.15, -0.1) is 0 Å². The third kappa shape index (κ3) is 5.41. The van der Waals surface area contributed by atoms with Crippen molar-refractivity contribution in [1.82, 2.24) is 5.32 Å². The second-order valence-electron chi connectivity index (χ2n) is 3.63. The molecule has 0 saturated carbocycles.